The Morgan fingerprint density at radius 2 is 1.88 bits per heavy atom. The van der Waals surface area contributed by atoms with Crippen LogP contribution in [0, 0.1) is 0 Å². The molecule has 0 aliphatic heterocycles. The lowest BCUT2D eigenvalue weighted by Crippen LogP contribution is -2.38. The number of aliphatic imine (C=N–C) groups is 1. The van der Waals surface area contributed by atoms with Crippen molar-refractivity contribution in [2.75, 3.05) is 27.7 Å². The fraction of sp³-hybridized carbons (Fsp3) is 0.529. The van der Waals surface area contributed by atoms with E-state index in [2.05, 4.69) is 15.0 Å². The molecule has 0 spiro atoms. The van der Waals surface area contributed by atoms with Gasteiger partial charge in [0.1, 0.15) is 0 Å². The van der Waals surface area contributed by atoms with Crippen molar-refractivity contribution in [3.8, 4) is 0 Å². The molecule has 0 amide bonds. The molecule has 8 heteroatoms. The number of nitrogens with one attached hydrogen (secondary N) is 1. The van der Waals surface area contributed by atoms with Gasteiger partial charge in [-0.25, -0.2) is 0 Å². The number of ether oxygens (including phenoxy) is 1. The molecule has 0 heterocycles. The van der Waals surface area contributed by atoms with Crippen LogP contribution >= 0.6 is 0 Å². The number of unbranched alkanes of at least 4 members (excludes halogenated alkanes) is 1. The molecule has 0 fully saturated rings. The maximum Gasteiger partial charge on any atom is 0.416 e. The van der Waals surface area contributed by atoms with E-state index in [1.54, 1.807) is 14.1 Å². The average molecular weight is 359 g/mol. The van der Waals surface area contributed by atoms with Gasteiger partial charge in [-0.2, -0.15) is 13.2 Å². The van der Waals surface area contributed by atoms with Gasteiger partial charge < -0.3 is 15.0 Å². The minimum Gasteiger partial charge on any atom is -0.469 e. The third kappa shape index (κ3) is 7.45. The summed E-state index contributed by atoms with van der Waals surface area (Å²) in [5.74, 6) is 0.404. The lowest BCUT2D eigenvalue weighted by molar-refractivity contribution is -0.140. The van der Waals surface area contributed by atoms with Crippen LogP contribution in [0.3, 0.4) is 0 Å². The Balaban J connectivity index is 2.45. The molecule has 1 rings (SSSR count). The molecule has 0 radical (unpaired) electrons. The first-order chi connectivity index (χ1) is 11.8. The van der Waals surface area contributed by atoms with Gasteiger partial charge in [0.2, 0.25) is 0 Å². The molecular weight excluding hydrogens is 335 g/mol. The van der Waals surface area contributed by atoms with E-state index >= 15 is 0 Å². The van der Waals surface area contributed by atoms with Crippen LogP contribution in [0.1, 0.15) is 30.4 Å². The van der Waals surface area contributed by atoms with Crippen molar-refractivity contribution in [1.29, 1.82) is 0 Å². The van der Waals surface area contributed by atoms with Gasteiger partial charge >= 0.3 is 12.1 Å². The number of guanidine groups is 1. The Morgan fingerprint density at radius 3 is 2.40 bits per heavy atom. The monoisotopic (exact) mass is 359 g/mol. The number of hydrogen-bond donors (Lipinski definition) is 1. The molecule has 25 heavy (non-hydrogen) atoms. The number of rotatable bonds is 7. The fourth-order valence-corrected chi connectivity index (χ4v) is 2.23. The zero-order valence-electron chi connectivity index (χ0n) is 14.7. The maximum absolute atomic E-state index is 12.6. The first-order valence-electron chi connectivity index (χ1n) is 7.92. The van der Waals surface area contributed by atoms with Crippen molar-refractivity contribution in [3.05, 3.63) is 35.4 Å². The summed E-state index contributed by atoms with van der Waals surface area (Å²) in [6.45, 7) is 1.07. The first-order valence-corrected chi connectivity index (χ1v) is 7.92. The molecule has 0 atom stereocenters. The van der Waals surface area contributed by atoms with Crippen LogP contribution in [0.5, 0.6) is 0 Å². The maximum atomic E-state index is 12.6. The molecule has 1 N–H and O–H groups in total. The van der Waals surface area contributed by atoms with Crippen molar-refractivity contribution in [2.24, 2.45) is 4.99 Å². The second kappa shape index (κ2) is 9.90. The number of benzene rings is 1. The lowest BCUT2D eigenvalue weighted by Gasteiger charge is -2.22. The topological polar surface area (TPSA) is 53.9 Å². The van der Waals surface area contributed by atoms with Crippen LogP contribution in [0.4, 0.5) is 13.2 Å². The zero-order valence-corrected chi connectivity index (χ0v) is 14.7. The molecule has 0 saturated heterocycles. The van der Waals surface area contributed by atoms with Crippen molar-refractivity contribution < 1.29 is 22.7 Å². The Hall–Kier alpha value is -2.25. The third-order valence-corrected chi connectivity index (χ3v) is 3.59. The molecule has 0 saturated carbocycles. The Bertz CT molecular complexity index is 571. The van der Waals surface area contributed by atoms with Crippen molar-refractivity contribution in [3.63, 3.8) is 0 Å². The summed E-state index contributed by atoms with van der Waals surface area (Å²) in [6.07, 6.45) is -2.47. The van der Waals surface area contributed by atoms with E-state index in [1.807, 2.05) is 4.90 Å². The normalized spacial score (nSPS) is 12.0. The van der Waals surface area contributed by atoms with E-state index in [9.17, 15) is 18.0 Å². The summed E-state index contributed by atoms with van der Waals surface area (Å²) in [5, 5.41) is 3.16. The first kappa shape index (κ1) is 20.8. The highest BCUT2D eigenvalue weighted by Gasteiger charge is 2.29. The standard InChI is InChI=1S/C17H24F3N3O2/c1-21-16(22-11-5-4-6-15(24)25-3)23(2)12-13-7-9-14(10-8-13)17(18,19)20/h7-10H,4-6,11-12H2,1-3H3,(H,21,22). The molecule has 0 unspecified atom stereocenters. The average Bonchev–Trinajstić information content (AvgIpc) is 2.57. The minimum absolute atomic E-state index is 0.233. The highest BCUT2D eigenvalue weighted by atomic mass is 19.4. The summed E-state index contributed by atoms with van der Waals surface area (Å²) in [4.78, 5) is 17.0. The molecule has 5 nitrogen and oxygen atoms in total. The van der Waals surface area contributed by atoms with E-state index in [1.165, 1.54) is 19.2 Å². The Labute approximate surface area is 145 Å². The summed E-state index contributed by atoms with van der Waals surface area (Å²) in [5.41, 5.74) is 0.0937. The molecule has 1 aromatic rings. The van der Waals surface area contributed by atoms with Gasteiger partial charge in [0.25, 0.3) is 0 Å². The van der Waals surface area contributed by atoms with Crippen LogP contribution in [0.15, 0.2) is 29.3 Å². The van der Waals surface area contributed by atoms with E-state index in [0.717, 1.165) is 24.1 Å². The van der Waals surface area contributed by atoms with Gasteiger partial charge in [-0.05, 0) is 30.5 Å². The number of halogens is 3. The van der Waals surface area contributed by atoms with Crippen molar-refractivity contribution in [1.82, 2.24) is 10.2 Å². The fourth-order valence-electron chi connectivity index (χ4n) is 2.23. The third-order valence-electron chi connectivity index (χ3n) is 3.59. The number of nitrogens with zero attached hydrogens (tertiary/aromatic N) is 2. The Kier molecular flexibility index (Phi) is 8.24. The van der Waals surface area contributed by atoms with E-state index in [4.69, 9.17) is 0 Å². The summed E-state index contributed by atoms with van der Waals surface area (Å²) < 4.78 is 42.3. The molecule has 1 aromatic carbocycles. The number of methoxy groups -OCH3 is 1. The molecule has 0 aliphatic rings. The van der Waals surface area contributed by atoms with Gasteiger partial charge in [-0.3, -0.25) is 9.79 Å². The van der Waals surface area contributed by atoms with Crippen molar-refractivity contribution in [2.45, 2.75) is 32.0 Å². The van der Waals surface area contributed by atoms with Gasteiger partial charge in [0, 0.05) is 33.6 Å². The van der Waals surface area contributed by atoms with Crippen molar-refractivity contribution >= 4 is 11.9 Å². The number of carbonyl (C=O) groups excluding carboxylic acids is 1. The predicted octanol–water partition coefficient (Wildman–Crippen LogP) is 3.06. The van der Waals surface area contributed by atoms with E-state index in [-0.39, 0.29) is 5.97 Å². The number of hydrogen-bond acceptors (Lipinski definition) is 3. The quantitative estimate of drug-likeness (QED) is 0.352. The lowest BCUT2D eigenvalue weighted by atomic mass is 10.1. The summed E-state index contributed by atoms with van der Waals surface area (Å²) >= 11 is 0. The summed E-state index contributed by atoms with van der Waals surface area (Å²) in [6, 6.07) is 5.07. The number of alkyl halides is 3. The Morgan fingerprint density at radius 1 is 1.24 bits per heavy atom. The van der Waals surface area contributed by atoms with Gasteiger partial charge in [-0.1, -0.05) is 12.1 Å². The van der Waals surface area contributed by atoms with Gasteiger partial charge in [0.05, 0.1) is 12.7 Å². The zero-order chi connectivity index (χ0) is 18.9. The number of esters is 1. The van der Waals surface area contributed by atoms with Crippen LogP contribution in [-0.2, 0) is 22.3 Å². The molecule has 140 valence electrons. The molecule has 0 aromatic heterocycles. The van der Waals surface area contributed by atoms with E-state index < -0.39 is 11.7 Å². The molecule has 0 aliphatic carbocycles. The minimum atomic E-state index is -4.33. The predicted molar refractivity (Wildman–Crippen MR) is 90.1 cm³/mol. The smallest absolute Gasteiger partial charge is 0.416 e. The molecular formula is C17H24F3N3O2. The molecule has 0 bridgehead atoms. The van der Waals surface area contributed by atoms with Gasteiger partial charge in [0.15, 0.2) is 5.96 Å². The van der Waals surface area contributed by atoms with E-state index in [0.29, 0.717) is 31.9 Å². The highest BCUT2D eigenvalue weighted by molar-refractivity contribution is 5.79. The van der Waals surface area contributed by atoms with Crippen LogP contribution in [-0.4, -0.2) is 44.6 Å². The largest absolute Gasteiger partial charge is 0.469 e. The van der Waals surface area contributed by atoms with Gasteiger partial charge in [-0.15, -0.1) is 0 Å². The highest BCUT2D eigenvalue weighted by Crippen LogP contribution is 2.29. The van der Waals surface area contributed by atoms with Crippen LogP contribution < -0.4 is 5.32 Å². The second-order valence-electron chi connectivity index (χ2n) is 5.56. The SMILES string of the molecule is CN=C(NCCCCC(=O)OC)N(C)Cc1ccc(C(F)(F)F)cc1. The van der Waals surface area contributed by atoms with Crippen LogP contribution in [0.2, 0.25) is 0 Å². The summed E-state index contributed by atoms with van der Waals surface area (Å²) in [7, 11) is 4.81. The van der Waals surface area contributed by atoms with Crippen LogP contribution in [0.25, 0.3) is 0 Å². The number of carbonyl (C=O) groups is 1. The second-order valence-corrected chi connectivity index (χ2v) is 5.56.